The average molecular weight is 238 g/mol. The predicted molar refractivity (Wildman–Crippen MR) is 65.7 cm³/mol. The van der Waals surface area contributed by atoms with Crippen LogP contribution in [-0.4, -0.2) is 35.9 Å². The van der Waals surface area contributed by atoms with Gasteiger partial charge in [-0.3, -0.25) is 4.79 Å². The molecule has 0 radical (unpaired) electrons. The Hall–Kier alpha value is -1.59. The number of rotatable bonds is 6. The van der Waals surface area contributed by atoms with Crippen molar-refractivity contribution in [2.24, 2.45) is 11.1 Å². The quantitative estimate of drug-likeness (QED) is 0.569. The summed E-state index contributed by atoms with van der Waals surface area (Å²) in [5.74, 6) is -0.466. The van der Waals surface area contributed by atoms with Crippen molar-refractivity contribution in [3.05, 3.63) is 29.8 Å². The Morgan fingerprint density at radius 1 is 1.29 bits per heavy atom. The Morgan fingerprint density at radius 3 is 2.24 bits per heavy atom. The van der Waals surface area contributed by atoms with Gasteiger partial charge in [-0.05, 0) is 24.3 Å². The van der Waals surface area contributed by atoms with E-state index in [1.807, 2.05) is 0 Å². The van der Waals surface area contributed by atoms with Gasteiger partial charge < -0.3 is 21.3 Å². The van der Waals surface area contributed by atoms with Gasteiger partial charge in [0.1, 0.15) is 0 Å². The first-order chi connectivity index (χ1) is 8.00. The highest BCUT2D eigenvalue weighted by molar-refractivity contribution is 5.93. The molecule has 5 N–H and O–H groups in total. The van der Waals surface area contributed by atoms with Crippen molar-refractivity contribution in [2.45, 2.75) is 6.92 Å². The molecule has 0 aromatic heterocycles. The highest BCUT2D eigenvalue weighted by Gasteiger charge is 2.21. The van der Waals surface area contributed by atoms with E-state index >= 15 is 0 Å². The first-order valence-corrected chi connectivity index (χ1v) is 5.36. The Labute approximate surface area is 100 Å². The fourth-order valence-corrected chi connectivity index (χ4v) is 1.23. The first kappa shape index (κ1) is 13.5. The average Bonchev–Trinajstić information content (AvgIpc) is 2.36. The van der Waals surface area contributed by atoms with Crippen LogP contribution in [-0.2, 0) is 0 Å². The van der Waals surface area contributed by atoms with Crippen LogP contribution in [0.25, 0.3) is 0 Å². The van der Waals surface area contributed by atoms with Gasteiger partial charge in [0.25, 0.3) is 0 Å². The molecular weight excluding hydrogens is 220 g/mol. The van der Waals surface area contributed by atoms with Gasteiger partial charge in [0, 0.05) is 23.2 Å². The van der Waals surface area contributed by atoms with Gasteiger partial charge in [0.15, 0.2) is 0 Å². The van der Waals surface area contributed by atoms with E-state index in [1.165, 1.54) is 0 Å². The largest absolute Gasteiger partial charge is 0.396 e. The topological polar surface area (TPSA) is 95.6 Å². The van der Waals surface area contributed by atoms with E-state index in [0.29, 0.717) is 12.1 Å². The lowest BCUT2D eigenvalue weighted by atomic mass is 9.93. The molecule has 0 fully saturated rings. The number of carbonyl (C=O) groups is 1. The third-order valence-electron chi connectivity index (χ3n) is 2.65. The molecule has 0 aliphatic heterocycles. The van der Waals surface area contributed by atoms with E-state index in [-0.39, 0.29) is 13.2 Å². The molecule has 94 valence electrons. The molecule has 17 heavy (non-hydrogen) atoms. The van der Waals surface area contributed by atoms with Crippen molar-refractivity contribution in [3.63, 3.8) is 0 Å². The number of nitrogens with one attached hydrogen (secondary N) is 1. The lowest BCUT2D eigenvalue weighted by Gasteiger charge is -2.25. The number of amides is 1. The summed E-state index contributed by atoms with van der Waals surface area (Å²) in [6.45, 7) is 2.01. The van der Waals surface area contributed by atoms with Crippen molar-refractivity contribution in [2.75, 3.05) is 25.1 Å². The van der Waals surface area contributed by atoms with Crippen LogP contribution in [0.4, 0.5) is 5.69 Å². The van der Waals surface area contributed by atoms with Crippen LogP contribution in [0.15, 0.2) is 24.3 Å². The van der Waals surface area contributed by atoms with Crippen LogP contribution < -0.4 is 11.1 Å². The van der Waals surface area contributed by atoms with Crippen LogP contribution in [0.5, 0.6) is 0 Å². The minimum absolute atomic E-state index is 0.101. The molecule has 1 aromatic carbocycles. The van der Waals surface area contributed by atoms with Crippen LogP contribution in [0.2, 0.25) is 0 Å². The molecule has 0 aliphatic carbocycles. The van der Waals surface area contributed by atoms with Crippen molar-refractivity contribution in [1.82, 2.24) is 0 Å². The third kappa shape index (κ3) is 3.72. The van der Waals surface area contributed by atoms with Gasteiger partial charge in [0.05, 0.1) is 13.2 Å². The van der Waals surface area contributed by atoms with Gasteiger partial charge in [-0.1, -0.05) is 6.92 Å². The molecule has 0 aliphatic rings. The number of primary amides is 1. The van der Waals surface area contributed by atoms with Crippen LogP contribution >= 0.6 is 0 Å². The van der Waals surface area contributed by atoms with Crippen molar-refractivity contribution >= 4 is 11.6 Å². The number of aliphatic hydroxyl groups excluding tert-OH is 2. The van der Waals surface area contributed by atoms with E-state index in [9.17, 15) is 4.79 Å². The predicted octanol–water partition coefficient (Wildman–Crippen LogP) is 0.188. The van der Waals surface area contributed by atoms with E-state index in [2.05, 4.69) is 5.32 Å². The minimum Gasteiger partial charge on any atom is -0.396 e. The number of nitrogens with two attached hydrogens (primary N) is 1. The summed E-state index contributed by atoms with van der Waals surface area (Å²) < 4.78 is 0. The number of carbonyl (C=O) groups excluding carboxylic acids is 1. The zero-order valence-electron chi connectivity index (χ0n) is 9.81. The molecule has 0 atom stereocenters. The molecule has 1 amide bonds. The van der Waals surface area contributed by atoms with Gasteiger partial charge >= 0.3 is 0 Å². The van der Waals surface area contributed by atoms with Crippen LogP contribution in [0.1, 0.15) is 17.3 Å². The normalized spacial score (nSPS) is 11.2. The van der Waals surface area contributed by atoms with E-state index < -0.39 is 11.3 Å². The zero-order valence-corrected chi connectivity index (χ0v) is 9.81. The number of benzene rings is 1. The summed E-state index contributed by atoms with van der Waals surface area (Å²) in [5, 5.41) is 21.3. The fraction of sp³-hybridized carbons (Fsp3) is 0.417. The maximum atomic E-state index is 10.9. The molecule has 0 bridgehead atoms. The number of hydrogen-bond donors (Lipinski definition) is 4. The second-order valence-corrected chi connectivity index (χ2v) is 4.42. The van der Waals surface area contributed by atoms with E-state index in [4.69, 9.17) is 15.9 Å². The number of aliphatic hydroxyl groups is 2. The third-order valence-corrected chi connectivity index (χ3v) is 2.65. The molecule has 1 aromatic rings. The van der Waals surface area contributed by atoms with Crippen molar-refractivity contribution in [1.29, 1.82) is 0 Å². The molecular formula is C12H18N2O3. The molecule has 5 heteroatoms. The van der Waals surface area contributed by atoms with Gasteiger partial charge in [0.2, 0.25) is 5.91 Å². The molecule has 5 nitrogen and oxygen atoms in total. The lowest BCUT2D eigenvalue weighted by Crippen LogP contribution is -2.34. The Kier molecular flexibility index (Phi) is 4.48. The SMILES string of the molecule is CC(CO)(CO)CNc1ccc(C(N)=O)cc1. The zero-order chi connectivity index (χ0) is 12.9. The molecule has 0 spiro atoms. The molecule has 0 saturated heterocycles. The Balaban J connectivity index is 2.61. The standard InChI is InChI=1S/C12H18N2O3/c1-12(7-15,8-16)6-14-10-4-2-9(3-5-10)11(13)17/h2-5,14-16H,6-8H2,1H3,(H2,13,17). The molecule has 0 saturated carbocycles. The van der Waals surface area contributed by atoms with Crippen LogP contribution in [0, 0.1) is 5.41 Å². The van der Waals surface area contributed by atoms with Crippen molar-refractivity contribution in [3.8, 4) is 0 Å². The summed E-state index contributed by atoms with van der Waals surface area (Å²) in [7, 11) is 0. The highest BCUT2D eigenvalue weighted by Crippen LogP contribution is 2.16. The maximum Gasteiger partial charge on any atom is 0.248 e. The highest BCUT2D eigenvalue weighted by atomic mass is 16.3. The van der Waals surface area contributed by atoms with Crippen LogP contribution in [0.3, 0.4) is 0 Å². The Bertz CT molecular complexity index is 372. The molecule has 1 rings (SSSR count). The molecule has 0 unspecified atom stereocenters. The molecule has 0 heterocycles. The smallest absolute Gasteiger partial charge is 0.248 e. The minimum atomic E-state index is -0.567. The second kappa shape index (κ2) is 5.65. The monoisotopic (exact) mass is 238 g/mol. The summed E-state index contributed by atoms with van der Waals surface area (Å²) in [6.07, 6.45) is 0. The van der Waals surface area contributed by atoms with Gasteiger partial charge in [-0.25, -0.2) is 0 Å². The number of anilines is 1. The lowest BCUT2D eigenvalue weighted by molar-refractivity contribution is 0.0806. The second-order valence-electron chi connectivity index (χ2n) is 4.42. The summed E-state index contributed by atoms with van der Waals surface area (Å²) in [5.41, 5.74) is 5.81. The maximum absolute atomic E-state index is 10.9. The number of hydrogen-bond acceptors (Lipinski definition) is 4. The van der Waals surface area contributed by atoms with Gasteiger partial charge in [-0.2, -0.15) is 0 Å². The summed E-state index contributed by atoms with van der Waals surface area (Å²) in [6, 6.07) is 6.71. The van der Waals surface area contributed by atoms with Gasteiger partial charge in [-0.15, -0.1) is 0 Å². The Morgan fingerprint density at radius 2 is 1.82 bits per heavy atom. The van der Waals surface area contributed by atoms with E-state index in [0.717, 1.165) is 5.69 Å². The fourth-order valence-electron chi connectivity index (χ4n) is 1.23. The van der Waals surface area contributed by atoms with Crippen molar-refractivity contribution < 1.29 is 15.0 Å². The first-order valence-electron chi connectivity index (χ1n) is 5.36. The summed E-state index contributed by atoms with van der Waals surface area (Å²) in [4.78, 5) is 10.9. The summed E-state index contributed by atoms with van der Waals surface area (Å²) >= 11 is 0. The van der Waals surface area contributed by atoms with E-state index in [1.54, 1.807) is 31.2 Å².